The molecule has 2 heterocycles. The van der Waals surface area contributed by atoms with Crippen LogP contribution in [0.2, 0.25) is 0 Å². The summed E-state index contributed by atoms with van der Waals surface area (Å²) in [6.45, 7) is 0.695. The molecule has 78 valence electrons. The van der Waals surface area contributed by atoms with Crippen molar-refractivity contribution in [3.05, 3.63) is 42.0 Å². The first kappa shape index (κ1) is 9.92. The van der Waals surface area contributed by atoms with E-state index in [0.29, 0.717) is 11.5 Å². The number of aryl methyl sites for hydroxylation is 1. The number of hydrogen-bond acceptors (Lipinski definition) is 2. The second-order valence-corrected chi connectivity index (χ2v) is 3.81. The van der Waals surface area contributed by atoms with Crippen molar-refractivity contribution < 1.29 is 0 Å². The van der Waals surface area contributed by atoms with E-state index in [1.165, 1.54) is 0 Å². The van der Waals surface area contributed by atoms with Gasteiger partial charge in [0.15, 0.2) is 0 Å². The van der Waals surface area contributed by atoms with Gasteiger partial charge in [-0.1, -0.05) is 12.2 Å². The summed E-state index contributed by atoms with van der Waals surface area (Å²) in [7, 11) is 1.90. The van der Waals surface area contributed by atoms with Gasteiger partial charge in [0.1, 0.15) is 4.99 Å². The lowest BCUT2D eigenvalue weighted by Gasteiger charge is -2.05. The van der Waals surface area contributed by atoms with Gasteiger partial charge < -0.3 is 10.3 Å². The maximum Gasteiger partial charge on any atom is 0.120 e. The number of hydrogen-bond donors (Lipinski definition) is 1. The van der Waals surface area contributed by atoms with Crippen LogP contribution in [0.3, 0.4) is 0 Å². The lowest BCUT2D eigenvalue weighted by molar-refractivity contribution is 0.706. The number of rotatable bonds is 3. The molecular weight excluding hydrogens is 208 g/mol. The Balaban J connectivity index is 2.24. The molecule has 0 aliphatic carbocycles. The fourth-order valence-electron chi connectivity index (χ4n) is 1.50. The maximum absolute atomic E-state index is 5.60. The molecule has 2 aromatic heterocycles. The van der Waals surface area contributed by atoms with Gasteiger partial charge in [0.2, 0.25) is 0 Å². The molecule has 5 heteroatoms. The van der Waals surface area contributed by atoms with Gasteiger partial charge in [-0.2, -0.15) is 5.10 Å². The molecule has 0 fully saturated rings. The molecule has 0 aliphatic heterocycles. The molecule has 0 aliphatic rings. The zero-order valence-corrected chi connectivity index (χ0v) is 9.24. The first-order chi connectivity index (χ1) is 7.16. The molecule has 0 atom stereocenters. The molecule has 0 saturated heterocycles. The van der Waals surface area contributed by atoms with Crippen molar-refractivity contribution in [1.82, 2.24) is 14.3 Å². The third-order valence-electron chi connectivity index (χ3n) is 2.18. The van der Waals surface area contributed by atoms with Crippen molar-refractivity contribution in [2.75, 3.05) is 0 Å². The summed E-state index contributed by atoms with van der Waals surface area (Å²) in [6.07, 6.45) is 3.86. The average molecular weight is 220 g/mol. The molecule has 0 spiro atoms. The van der Waals surface area contributed by atoms with Crippen LogP contribution in [0.4, 0.5) is 0 Å². The summed E-state index contributed by atoms with van der Waals surface area (Å²) in [5.74, 6) is 0. The second kappa shape index (κ2) is 3.86. The van der Waals surface area contributed by atoms with Crippen LogP contribution in [-0.2, 0) is 13.6 Å². The standard InChI is InChI=1S/C10H12N4S/c1-13-6-4-8(12-13)7-14-5-2-3-9(14)10(11)15/h2-6H,7H2,1H3,(H2,11,15). The second-order valence-electron chi connectivity index (χ2n) is 3.37. The zero-order chi connectivity index (χ0) is 10.8. The molecule has 4 nitrogen and oxygen atoms in total. The number of nitrogens with two attached hydrogens (primary N) is 1. The Morgan fingerprint density at radius 3 is 2.87 bits per heavy atom. The van der Waals surface area contributed by atoms with E-state index in [0.717, 1.165) is 11.4 Å². The monoisotopic (exact) mass is 220 g/mol. The molecule has 2 N–H and O–H groups in total. The molecule has 0 saturated carbocycles. The van der Waals surface area contributed by atoms with Crippen molar-refractivity contribution in [3.8, 4) is 0 Å². The molecule has 15 heavy (non-hydrogen) atoms. The average Bonchev–Trinajstić information content (AvgIpc) is 2.75. The van der Waals surface area contributed by atoms with Crippen molar-refractivity contribution in [2.24, 2.45) is 12.8 Å². The van der Waals surface area contributed by atoms with E-state index in [2.05, 4.69) is 5.10 Å². The molecule has 2 aromatic rings. The molecular formula is C10H12N4S. The van der Waals surface area contributed by atoms with Crippen LogP contribution in [-0.4, -0.2) is 19.3 Å². The fourth-order valence-corrected chi connectivity index (χ4v) is 1.68. The summed E-state index contributed by atoms with van der Waals surface area (Å²) in [5.41, 5.74) is 7.47. The predicted octanol–water partition coefficient (Wildman–Crippen LogP) is 0.904. The topological polar surface area (TPSA) is 48.8 Å². The van der Waals surface area contributed by atoms with Crippen LogP contribution < -0.4 is 5.73 Å². The van der Waals surface area contributed by atoms with Gasteiger partial charge in [-0.25, -0.2) is 0 Å². The Kier molecular flexibility index (Phi) is 2.55. The summed E-state index contributed by atoms with van der Waals surface area (Å²) in [5, 5.41) is 4.30. The Bertz CT molecular complexity index is 483. The SMILES string of the molecule is Cn1ccc(Cn2cccc2C(N)=S)n1. The van der Waals surface area contributed by atoms with Crippen molar-refractivity contribution >= 4 is 17.2 Å². The number of thiocarbonyl (C=S) groups is 1. The normalized spacial score (nSPS) is 10.5. The summed E-state index contributed by atoms with van der Waals surface area (Å²) in [4.78, 5) is 0.413. The van der Waals surface area contributed by atoms with E-state index in [1.54, 1.807) is 4.68 Å². The highest BCUT2D eigenvalue weighted by molar-refractivity contribution is 7.80. The Labute approximate surface area is 93.3 Å². The zero-order valence-electron chi connectivity index (χ0n) is 8.42. The van der Waals surface area contributed by atoms with Crippen LogP contribution in [0.25, 0.3) is 0 Å². The molecule has 0 aromatic carbocycles. The third kappa shape index (κ3) is 2.07. The minimum absolute atomic E-state index is 0.413. The highest BCUT2D eigenvalue weighted by Gasteiger charge is 2.05. The van der Waals surface area contributed by atoms with Gasteiger partial charge in [0, 0.05) is 19.4 Å². The van der Waals surface area contributed by atoms with Gasteiger partial charge in [-0.05, 0) is 18.2 Å². The minimum atomic E-state index is 0.413. The smallest absolute Gasteiger partial charge is 0.120 e. The van der Waals surface area contributed by atoms with Crippen LogP contribution in [0.5, 0.6) is 0 Å². The quantitative estimate of drug-likeness (QED) is 0.782. The van der Waals surface area contributed by atoms with Crippen LogP contribution in [0, 0.1) is 0 Å². The van der Waals surface area contributed by atoms with E-state index < -0.39 is 0 Å². The van der Waals surface area contributed by atoms with E-state index >= 15 is 0 Å². The largest absolute Gasteiger partial charge is 0.388 e. The van der Waals surface area contributed by atoms with Gasteiger partial charge in [0.25, 0.3) is 0 Å². The van der Waals surface area contributed by atoms with Crippen LogP contribution in [0.15, 0.2) is 30.6 Å². The highest BCUT2D eigenvalue weighted by atomic mass is 32.1. The Morgan fingerprint density at radius 1 is 1.47 bits per heavy atom. The molecule has 2 rings (SSSR count). The number of aromatic nitrogens is 3. The van der Waals surface area contributed by atoms with Crippen LogP contribution in [0.1, 0.15) is 11.4 Å². The van der Waals surface area contributed by atoms with Gasteiger partial charge in [-0.3, -0.25) is 4.68 Å². The molecule has 0 bridgehead atoms. The molecule has 0 amide bonds. The Hall–Kier alpha value is -1.62. The first-order valence-electron chi connectivity index (χ1n) is 4.60. The van der Waals surface area contributed by atoms with Gasteiger partial charge in [-0.15, -0.1) is 0 Å². The predicted molar refractivity (Wildman–Crippen MR) is 62.6 cm³/mol. The van der Waals surface area contributed by atoms with E-state index in [9.17, 15) is 0 Å². The van der Waals surface area contributed by atoms with E-state index in [-0.39, 0.29) is 0 Å². The van der Waals surface area contributed by atoms with E-state index in [4.69, 9.17) is 18.0 Å². The Morgan fingerprint density at radius 2 is 2.27 bits per heavy atom. The van der Waals surface area contributed by atoms with Crippen molar-refractivity contribution in [2.45, 2.75) is 6.54 Å². The summed E-state index contributed by atoms with van der Waals surface area (Å²) >= 11 is 4.96. The van der Waals surface area contributed by atoms with Crippen molar-refractivity contribution in [1.29, 1.82) is 0 Å². The summed E-state index contributed by atoms with van der Waals surface area (Å²) < 4.78 is 3.77. The maximum atomic E-state index is 5.60. The van der Waals surface area contributed by atoms with Crippen LogP contribution >= 0.6 is 12.2 Å². The molecule has 0 unspecified atom stereocenters. The van der Waals surface area contributed by atoms with Gasteiger partial charge in [0.05, 0.1) is 17.9 Å². The minimum Gasteiger partial charge on any atom is -0.388 e. The highest BCUT2D eigenvalue weighted by Crippen LogP contribution is 2.06. The lowest BCUT2D eigenvalue weighted by atomic mass is 10.4. The third-order valence-corrected chi connectivity index (χ3v) is 2.39. The first-order valence-corrected chi connectivity index (χ1v) is 5.01. The van der Waals surface area contributed by atoms with Crippen molar-refractivity contribution in [3.63, 3.8) is 0 Å². The number of nitrogens with zero attached hydrogens (tertiary/aromatic N) is 3. The lowest BCUT2D eigenvalue weighted by Crippen LogP contribution is -2.16. The summed E-state index contributed by atoms with van der Waals surface area (Å²) in [6, 6.07) is 5.81. The van der Waals surface area contributed by atoms with E-state index in [1.807, 2.05) is 42.2 Å². The fraction of sp³-hybridized carbons (Fsp3) is 0.200. The molecule has 0 radical (unpaired) electrons. The van der Waals surface area contributed by atoms with Gasteiger partial charge >= 0.3 is 0 Å².